The second-order valence-corrected chi connectivity index (χ2v) is 8.93. The molecule has 0 radical (unpaired) electrons. The molecule has 2 aliphatic rings. The maximum absolute atomic E-state index is 13.6. The molecule has 2 unspecified atom stereocenters. The van der Waals surface area contributed by atoms with Crippen LogP contribution < -0.4 is 4.90 Å². The number of piperidine rings is 1. The molecular weight excluding hydrogens is 417 g/mol. The van der Waals surface area contributed by atoms with Crippen molar-refractivity contribution in [3.63, 3.8) is 0 Å². The van der Waals surface area contributed by atoms with Gasteiger partial charge >= 0.3 is 6.18 Å². The number of carbonyl (C=O) groups is 2. The largest absolute Gasteiger partial charge is 0.416 e. The zero-order chi connectivity index (χ0) is 23.2. The zero-order valence-electron chi connectivity index (χ0n) is 18.2. The van der Waals surface area contributed by atoms with Crippen LogP contribution in [-0.2, 0) is 15.8 Å². The lowest BCUT2D eigenvalue weighted by molar-refractivity contribution is -0.137. The number of benzene rings is 2. The van der Waals surface area contributed by atoms with Gasteiger partial charge in [0.05, 0.1) is 16.8 Å². The highest BCUT2D eigenvalue weighted by Crippen LogP contribution is 2.39. The van der Waals surface area contributed by atoms with Gasteiger partial charge in [-0.25, -0.2) is 4.90 Å². The smallest absolute Gasteiger partial charge is 0.366 e. The minimum Gasteiger partial charge on any atom is -0.366 e. The molecule has 4 nitrogen and oxygen atoms in total. The van der Waals surface area contributed by atoms with Crippen LogP contribution in [0.25, 0.3) is 5.57 Å². The maximum atomic E-state index is 13.6. The Morgan fingerprint density at radius 2 is 1.53 bits per heavy atom. The van der Waals surface area contributed by atoms with Crippen molar-refractivity contribution in [1.29, 1.82) is 0 Å². The predicted molar refractivity (Wildman–Crippen MR) is 117 cm³/mol. The van der Waals surface area contributed by atoms with Crippen molar-refractivity contribution in [2.24, 2.45) is 11.8 Å². The van der Waals surface area contributed by atoms with Gasteiger partial charge in [-0.15, -0.1) is 0 Å². The number of likely N-dealkylation sites (tertiary alicyclic amines) is 1. The van der Waals surface area contributed by atoms with E-state index in [1.807, 2.05) is 24.0 Å². The summed E-state index contributed by atoms with van der Waals surface area (Å²) < 4.78 is 39.8. The van der Waals surface area contributed by atoms with E-state index in [-0.39, 0.29) is 17.0 Å². The number of anilines is 1. The summed E-state index contributed by atoms with van der Waals surface area (Å²) in [5, 5.41) is 0. The van der Waals surface area contributed by atoms with Crippen molar-refractivity contribution in [3.05, 3.63) is 70.9 Å². The molecule has 2 atom stereocenters. The number of alkyl halides is 3. The van der Waals surface area contributed by atoms with Gasteiger partial charge in [-0.1, -0.05) is 49.7 Å². The van der Waals surface area contributed by atoms with E-state index in [1.54, 1.807) is 12.1 Å². The van der Waals surface area contributed by atoms with Gasteiger partial charge in [0.2, 0.25) is 0 Å². The van der Waals surface area contributed by atoms with Crippen LogP contribution in [0.2, 0.25) is 0 Å². The van der Waals surface area contributed by atoms with E-state index in [1.165, 1.54) is 12.1 Å². The Bertz CT molecular complexity index is 1080. The molecule has 1 fully saturated rings. The molecule has 1 saturated heterocycles. The van der Waals surface area contributed by atoms with Crippen molar-refractivity contribution in [1.82, 2.24) is 4.90 Å². The third-order valence-electron chi connectivity index (χ3n) is 6.02. The number of aryl methyl sites for hydroxylation is 1. The third-order valence-corrected chi connectivity index (χ3v) is 6.02. The quantitative estimate of drug-likeness (QED) is 0.608. The molecule has 168 valence electrons. The van der Waals surface area contributed by atoms with E-state index in [4.69, 9.17) is 0 Å². The molecule has 2 aromatic rings. The highest BCUT2D eigenvalue weighted by molar-refractivity contribution is 6.45. The summed E-state index contributed by atoms with van der Waals surface area (Å²) in [5.41, 5.74) is 1.13. The van der Waals surface area contributed by atoms with Crippen molar-refractivity contribution in [3.8, 4) is 0 Å². The average molecular weight is 442 g/mol. The number of hydrogen-bond acceptors (Lipinski definition) is 3. The molecule has 32 heavy (non-hydrogen) atoms. The first-order valence-corrected chi connectivity index (χ1v) is 10.7. The molecule has 0 bridgehead atoms. The summed E-state index contributed by atoms with van der Waals surface area (Å²) >= 11 is 0. The van der Waals surface area contributed by atoms with Crippen molar-refractivity contribution in [2.45, 2.75) is 33.4 Å². The first-order valence-electron chi connectivity index (χ1n) is 10.7. The van der Waals surface area contributed by atoms with E-state index in [2.05, 4.69) is 13.8 Å². The normalized spacial score (nSPS) is 22.2. The molecule has 0 N–H and O–H groups in total. The van der Waals surface area contributed by atoms with Gasteiger partial charge in [0, 0.05) is 13.1 Å². The van der Waals surface area contributed by atoms with Gasteiger partial charge in [0.15, 0.2) is 0 Å². The van der Waals surface area contributed by atoms with Crippen LogP contribution in [0, 0.1) is 18.8 Å². The number of nitrogens with zero attached hydrogens (tertiary/aromatic N) is 2. The molecule has 0 aromatic heterocycles. The van der Waals surface area contributed by atoms with Gasteiger partial charge in [-0.2, -0.15) is 13.2 Å². The van der Waals surface area contributed by atoms with Crippen LogP contribution in [0.4, 0.5) is 18.9 Å². The fraction of sp³-hybridized carbons (Fsp3) is 0.360. The molecule has 2 amide bonds. The Kier molecular flexibility index (Phi) is 5.61. The highest BCUT2D eigenvalue weighted by atomic mass is 19.4. The zero-order valence-corrected chi connectivity index (χ0v) is 18.2. The minimum absolute atomic E-state index is 0.0763. The second-order valence-electron chi connectivity index (χ2n) is 8.93. The van der Waals surface area contributed by atoms with E-state index < -0.39 is 23.6 Å². The van der Waals surface area contributed by atoms with Crippen molar-refractivity contribution >= 4 is 23.1 Å². The summed E-state index contributed by atoms with van der Waals surface area (Å²) in [4.78, 5) is 29.9. The fourth-order valence-corrected chi connectivity index (χ4v) is 4.69. The van der Waals surface area contributed by atoms with Crippen LogP contribution in [-0.4, -0.2) is 29.8 Å². The topological polar surface area (TPSA) is 40.6 Å². The number of halogens is 3. The molecule has 0 aliphatic carbocycles. The number of imide groups is 1. The molecule has 0 saturated carbocycles. The Balaban J connectivity index is 1.83. The van der Waals surface area contributed by atoms with Gasteiger partial charge < -0.3 is 4.90 Å². The number of carbonyl (C=O) groups excluding carboxylic acids is 2. The van der Waals surface area contributed by atoms with Gasteiger partial charge in [0.25, 0.3) is 11.8 Å². The average Bonchev–Trinajstić information content (AvgIpc) is 2.97. The summed E-state index contributed by atoms with van der Waals surface area (Å²) in [7, 11) is 0. The first kappa shape index (κ1) is 22.1. The van der Waals surface area contributed by atoms with Crippen molar-refractivity contribution < 1.29 is 22.8 Å². The van der Waals surface area contributed by atoms with Gasteiger partial charge in [-0.3, -0.25) is 9.59 Å². The molecule has 2 aromatic carbocycles. The van der Waals surface area contributed by atoms with Crippen LogP contribution in [0.15, 0.2) is 54.2 Å². The minimum atomic E-state index is -4.57. The summed E-state index contributed by atoms with van der Waals surface area (Å²) in [5.74, 6) is -0.516. The molecule has 4 rings (SSSR count). The lowest BCUT2D eigenvalue weighted by Gasteiger charge is -2.37. The monoisotopic (exact) mass is 442 g/mol. The lowest BCUT2D eigenvalue weighted by atomic mass is 9.91. The number of rotatable bonds is 3. The van der Waals surface area contributed by atoms with Gasteiger partial charge in [-0.05, 0) is 48.9 Å². The van der Waals surface area contributed by atoms with Crippen LogP contribution >= 0.6 is 0 Å². The van der Waals surface area contributed by atoms with Crippen LogP contribution in [0.3, 0.4) is 0 Å². The lowest BCUT2D eigenvalue weighted by Crippen LogP contribution is -2.42. The SMILES string of the molecule is Cc1ccc(C2=C(N3CC(C)CC(C)C3)C(=O)N(c3cccc(C(F)(F)F)c3)C2=O)cc1. The van der Waals surface area contributed by atoms with E-state index in [0.29, 0.717) is 30.5 Å². The van der Waals surface area contributed by atoms with Gasteiger partial charge in [0.1, 0.15) is 5.70 Å². The van der Waals surface area contributed by atoms with E-state index >= 15 is 0 Å². The number of hydrogen-bond donors (Lipinski definition) is 0. The first-order chi connectivity index (χ1) is 15.1. The molecular formula is C25H25F3N2O2. The Morgan fingerprint density at radius 1 is 0.906 bits per heavy atom. The molecule has 0 spiro atoms. The fourth-order valence-electron chi connectivity index (χ4n) is 4.69. The van der Waals surface area contributed by atoms with Crippen LogP contribution in [0.5, 0.6) is 0 Å². The maximum Gasteiger partial charge on any atom is 0.416 e. The van der Waals surface area contributed by atoms with E-state index in [9.17, 15) is 22.8 Å². The number of amides is 2. The predicted octanol–water partition coefficient (Wildman–Crippen LogP) is 5.28. The summed E-state index contributed by atoms with van der Waals surface area (Å²) in [6.07, 6.45) is -3.56. The molecule has 2 heterocycles. The third kappa shape index (κ3) is 4.04. The Morgan fingerprint density at radius 3 is 2.12 bits per heavy atom. The molecule has 7 heteroatoms. The van der Waals surface area contributed by atoms with E-state index in [0.717, 1.165) is 29.0 Å². The Hall–Kier alpha value is -3.09. The summed E-state index contributed by atoms with van der Waals surface area (Å²) in [6, 6.07) is 11.6. The van der Waals surface area contributed by atoms with Crippen molar-refractivity contribution in [2.75, 3.05) is 18.0 Å². The highest BCUT2D eigenvalue weighted by Gasteiger charge is 2.44. The van der Waals surface area contributed by atoms with Crippen LogP contribution in [0.1, 0.15) is 37.0 Å². The molecule has 2 aliphatic heterocycles. The standard InChI is InChI=1S/C25H25F3N2O2/c1-15-7-9-18(10-8-15)21-22(29-13-16(2)11-17(3)14-29)24(32)30(23(21)31)20-6-4-5-19(12-20)25(26,27)28/h4-10,12,16-17H,11,13-14H2,1-3H3. The second kappa shape index (κ2) is 8.11. The Labute approximate surface area is 185 Å². The summed E-state index contributed by atoms with van der Waals surface area (Å²) in [6.45, 7) is 7.35.